The number of allylic oxidation sites excluding steroid dienone is 1. The maximum atomic E-state index is 12.5. The highest BCUT2D eigenvalue weighted by atomic mass is 35.5. The summed E-state index contributed by atoms with van der Waals surface area (Å²) in [5.41, 5.74) is 9.49. The Labute approximate surface area is 201 Å². The molecule has 0 radical (unpaired) electrons. The first-order chi connectivity index (χ1) is 16.5. The Kier molecular flexibility index (Phi) is 5.77. The van der Waals surface area contributed by atoms with Crippen LogP contribution in [0.15, 0.2) is 90.1 Å². The van der Waals surface area contributed by atoms with Gasteiger partial charge in [-0.1, -0.05) is 66.2 Å². The van der Waals surface area contributed by atoms with Crippen LogP contribution < -0.4 is 15.8 Å². The topological polar surface area (TPSA) is 95.1 Å². The first-order valence-corrected chi connectivity index (χ1v) is 11.1. The number of primary amides is 1. The van der Waals surface area contributed by atoms with Crippen molar-refractivity contribution in [2.45, 2.75) is 19.6 Å². The lowest BCUT2D eigenvalue weighted by molar-refractivity contribution is -0.115. The van der Waals surface area contributed by atoms with E-state index in [1.54, 1.807) is 23.7 Å². The maximum Gasteiger partial charge on any atom is 0.248 e. The number of fused-ring (bicyclic) bond motifs is 1. The van der Waals surface area contributed by atoms with Crippen LogP contribution in [0, 0.1) is 0 Å². The van der Waals surface area contributed by atoms with Gasteiger partial charge in [-0.3, -0.25) is 4.79 Å². The lowest BCUT2D eigenvalue weighted by atomic mass is 9.95. The van der Waals surface area contributed by atoms with Gasteiger partial charge in [-0.15, -0.1) is 5.10 Å². The minimum atomic E-state index is -0.561. The molecular formula is C26H22ClN5O2. The van der Waals surface area contributed by atoms with Crippen molar-refractivity contribution in [3.05, 3.63) is 106 Å². The Bertz CT molecular complexity index is 1400. The third-order valence-corrected chi connectivity index (χ3v) is 5.86. The quantitative estimate of drug-likeness (QED) is 0.414. The van der Waals surface area contributed by atoms with E-state index < -0.39 is 11.9 Å². The average Bonchev–Trinajstić information content (AvgIpc) is 3.26. The molecule has 0 bridgehead atoms. The highest BCUT2D eigenvalue weighted by molar-refractivity contribution is 6.30. The zero-order chi connectivity index (χ0) is 23.7. The van der Waals surface area contributed by atoms with Crippen molar-refractivity contribution in [1.29, 1.82) is 0 Å². The van der Waals surface area contributed by atoms with Gasteiger partial charge in [0.25, 0.3) is 0 Å². The number of amides is 1. The molecule has 8 heteroatoms. The van der Waals surface area contributed by atoms with E-state index in [1.165, 1.54) is 0 Å². The number of carbonyl (C=O) groups excluding carboxylic acids is 1. The third-order valence-electron chi connectivity index (χ3n) is 5.62. The van der Waals surface area contributed by atoms with Gasteiger partial charge in [-0.25, -0.2) is 4.68 Å². The molecule has 1 unspecified atom stereocenters. The zero-order valence-electron chi connectivity index (χ0n) is 18.4. The van der Waals surface area contributed by atoms with Crippen LogP contribution in [0.1, 0.15) is 24.1 Å². The average molecular weight is 472 g/mol. The van der Waals surface area contributed by atoms with Gasteiger partial charge in [0.15, 0.2) is 5.82 Å². The standard InChI is InChI=1S/C26H22ClN5O2/c1-16-22(24(28)33)23(18-9-6-12-21(14-18)34-15-17-7-3-2-4-8-17)32-26(29-16)30-25(31-32)19-10-5-11-20(27)13-19/h2-14,23H,15H2,1H3,(H2,28,33)(H,29,30,31). The fourth-order valence-corrected chi connectivity index (χ4v) is 4.23. The molecule has 1 aromatic heterocycles. The molecule has 0 saturated carbocycles. The monoisotopic (exact) mass is 471 g/mol. The maximum absolute atomic E-state index is 12.5. The lowest BCUT2D eigenvalue weighted by Crippen LogP contribution is -2.31. The number of hydrogen-bond donors (Lipinski definition) is 2. The summed E-state index contributed by atoms with van der Waals surface area (Å²) in [7, 11) is 0. The van der Waals surface area contributed by atoms with E-state index >= 15 is 0 Å². The number of anilines is 1. The van der Waals surface area contributed by atoms with Crippen molar-refractivity contribution in [2.24, 2.45) is 5.73 Å². The predicted molar refractivity (Wildman–Crippen MR) is 131 cm³/mol. The molecule has 34 heavy (non-hydrogen) atoms. The number of rotatable bonds is 6. The van der Waals surface area contributed by atoms with Gasteiger partial charge >= 0.3 is 0 Å². The largest absolute Gasteiger partial charge is 0.489 e. The fourth-order valence-electron chi connectivity index (χ4n) is 4.04. The SMILES string of the molecule is CC1=C(C(N)=O)C(c2cccc(OCc3ccccc3)c2)n2nc(-c3cccc(Cl)c3)nc2N1. The number of nitrogens with one attached hydrogen (secondary N) is 1. The van der Waals surface area contributed by atoms with Crippen molar-refractivity contribution < 1.29 is 9.53 Å². The number of ether oxygens (including phenoxy) is 1. The van der Waals surface area contributed by atoms with Crippen LogP contribution >= 0.6 is 11.6 Å². The van der Waals surface area contributed by atoms with Crippen LogP contribution in [0.4, 0.5) is 5.95 Å². The van der Waals surface area contributed by atoms with Crippen LogP contribution in [0.2, 0.25) is 5.02 Å². The molecule has 4 aromatic rings. The number of aromatic nitrogens is 3. The summed E-state index contributed by atoms with van der Waals surface area (Å²) in [6.45, 7) is 2.24. The van der Waals surface area contributed by atoms with Gasteiger partial charge in [-0.05, 0) is 42.3 Å². The van der Waals surface area contributed by atoms with E-state index in [4.69, 9.17) is 27.2 Å². The van der Waals surface area contributed by atoms with Crippen molar-refractivity contribution in [1.82, 2.24) is 14.8 Å². The van der Waals surface area contributed by atoms with Crippen LogP contribution in [0.5, 0.6) is 5.75 Å². The molecule has 1 aliphatic rings. The summed E-state index contributed by atoms with van der Waals surface area (Å²) in [6, 6.07) is 24.3. The molecule has 0 fully saturated rings. The highest BCUT2D eigenvalue weighted by Gasteiger charge is 2.33. The lowest BCUT2D eigenvalue weighted by Gasteiger charge is -2.27. The molecule has 170 valence electrons. The molecule has 0 aliphatic carbocycles. The number of carbonyl (C=O) groups is 1. The minimum Gasteiger partial charge on any atom is -0.489 e. The van der Waals surface area contributed by atoms with Gasteiger partial charge in [0.1, 0.15) is 18.4 Å². The molecule has 1 aliphatic heterocycles. The van der Waals surface area contributed by atoms with Crippen LogP contribution in [0.3, 0.4) is 0 Å². The van der Waals surface area contributed by atoms with Gasteiger partial charge in [-0.2, -0.15) is 4.98 Å². The molecule has 3 aromatic carbocycles. The zero-order valence-corrected chi connectivity index (χ0v) is 19.2. The Hall–Kier alpha value is -4.10. The number of halogens is 1. The highest BCUT2D eigenvalue weighted by Crippen LogP contribution is 2.37. The molecule has 5 rings (SSSR count). The molecule has 3 N–H and O–H groups in total. The molecule has 1 atom stereocenters. The van der Waals surface area contributed by atoms with E-state index in [9.17, 15) is 4.79 Å². The molecule has 2 heterocycles. The summed E-state index contributed by atoms with van der Waals surface area (Å²) >= 11 is 6.16. The van der Waals surface area contributed by atoms with E-state index in [-0.39, 0.29) is 0 Å². The van der Waals surface area contributed by atoms with Crippen molar-refractivity contribution >= 4 is 23.5 Å². The Morgan fingerprint density at radius 1 is 1.09 bits per heavy atom. The second kappa shape index (κ2) is 9.03. The van der Waals surface area contributed by atoms with Crippen LogP contribution in [-0.2, 0) is 11.4 Å². The van der Waals surface area contributed by atoms with Crippen molar-refractivity contribution in [3.63, 3.8) is 0 Å². The molecule has 0 spiro atoms. The van der Waals surface area contributed by atoms with Crippen molar-refractivity contribution in [2.75, 3.05) is 5.32 Å². The summed E-state index contributed by atoms with van der Waals surface area (Å²) in [6.07, 6.45) is 0. The van der Waals surface area contributed by atoms with Crippen LogP contribution in [-0.4, -0.2) is 20.7 Å². The molecular weight excluding hydrogens is 450 g/mol. The van der Waals surface area contributed by atoms with Crippen LogP contribution in [0.25, 0.3) is 11.4 Å². The van der Waals surface area contributed by atoms with Gasteiger partial charge in [0, 0.05) is 16.3 Å². The van der Waals surface area contributed by atoms with E-state index in [2.05, 4.69) is 10.3 Å². The van der Waals surface area contributed by atoms with Gasteiger partial charge in [0.2, 0.25) is 11.9 Å². The second-order valence-corrected chi connectivity index (χ2v) is 8.43. The van der Waals surface area contributed by atoms with Gasteiger partial charge < -0.3 is 15.8 Å². The summed E-state index contributed by atoms with van der Waals surface area (Å²) in [4.78, 5) is 17.1. The predicted octanol–water partition coefficient (Wildman–Crippen LogP) is 4.95. The first kappa shape index (κ1) is 21.7. The molecule has 0 saturated heterocycles. The summed E-state index contributed by atoms with van der Waals surface area (Å²) in [5, 5.41) is 8.46. The van der Waals surface area contributed by atoms with Gasteiger partial charge in [0.05, 0.1) is 5.57 Å². The van der Waals surface area contributed by atoms with Crippen molar-refractivity contribution in [3.8, 4) is 17.1 Å². The minimum absolute atomic E-state index is 0.412. The molecule has 1 amide bonds. The van der Waals surface area contributed by atoms with E-state index in [1.807, 2.05) is 66.7 Å². The number of nitrogens with zero attached hydrogens (tertiary/aromatic N) is 3. The third kappa shape index (κ3) is 4.25. The number of hydrogen-bond acceptors (Lipinski definition) is 5. The first-order valence-electron chi connectivity index (χ1n) is 10.8. The number of nitrogens with two attached hydrogens (primary N) is 1. The number of benzene rings is 3. The van der Waals surface area contributed by atoms with E-state index in [0.29, 0.717) is 40.4 Å². The Morgan fingerprint density at radius 3 is 2.65 bits per heavy atom. The Morgan fingerprint density at radius 2 is 1.88 bits per heavy atom. The van der Waals surface area contributed by atoms with E-state index in [0.717, 1.165) is 16.7 Å². The summed E-state index contributed by atoms with van der Waals surface area (Å²) in [5.74, 6) is 1.15. The second-order valence-electron chi connectivity index (χ2n) is 7.99. The Balaban J connectivity index is 1.54. The smallest absolute Gasteiger partial charge is 0.248 e. The summed E-state index contributed by atoms with van der Waals surface area (Å²) < 4.78 is 7.69. The normalized spacial score (nSPS) is 14.9. The molecule has 7 nitrogen and oxygen atoms in total. The fraction of sp³-hybridized carbons (Fsp3) is 0.115.